The van der Waals surface area contributed by atoms with Crippen LogP contribution in [0.3, 0.4) is 0 Å². The Kier molecular flexibility index (Phi) is 5.31. The van der Waals surface area contributed by atoms with Crippen LogP contribution in [0.25, 0.3) is 0 Å². The van der Waals surface area contributed by atoms with Crippen molar-refractivity contribution in [2.75, 3.05) is 38.6 Å². The van der Waals surface area contributed by atoms with Crippen molar-refractivity contribution in [3.8, 4) is 0 Å². The number of morpholine rings is 1. The smallest absolute Gasteiger partial charge is 0.161 e. The van der Waals surface area contributed by atoms with Crippen molar-refractivity contribution in [2.24, 2.45) is 5.92 Å². The fourth-order valence-corrected chi connectivity index (χ4v) is 2.39. The maximum absolute atomic E-state index is 5.83. The summed E-state index contributed by atoms with van der Waals surface area (Å²) in [7, 11) is 2.11. The average molecular weight is 278 g/mol. The summed E-state index contributed by atoms with van der Waals surface area (Å²) >= 11 is 0. The average Bonchev–Trinajstić information content (AvgIpc) is 2.38. The van der Waals surface area contributed by atoms with Crippen molar-refractivity contribution in [3.63, 3.8) is 0 Å². The Morgan fingerprint density at radius 2 is 2.25 bits per heavy atom. The van der Waals surface area contributed by atoms with Gasteiger partial charge in [0, 0.05) is 31.4 Å². The van der Waals surface area contributed by atoms with E-state index in [1.807, 2.05) is 0 Å². The lowest BCUT2D eigenvalue weighted by Crippen LogP contribution is -2.36. The number of rotatable bonds is 5. The van der Waals surface area contributed by atoms with Crippen LogP contribution in [0.5, 0.6) is 0 Å². The molecular weight excluding hydrogens is 252 g/mol. The Balaban J connectivity index is 2.23. The van der Waals surface area contributed by atoms with Crippen LogP contribution in [0.4, 0.5) is 5.82 Å². The quantitative estimate of drug-likeness (QED) is 0.894. The number of nitrogens with zero attached hydrogens (tertiary/aromatic N) is 3. The van der Waals surface area contributed by atoms with Crippen LogP contribution >= 0.6 is 0 Å². The monoisotopic (exact) mass is 278 g/mol. The van der Waals surface area contributed by atoms with Crippen LogP contribution in [-0.4, -0.2) is 48.2 Å². The van der Waals surface area contributed by atoms with Crippen molar-refractivity contribution in [3.05, 3.63) is 17.6 Å². The molecule has 1 atom stereocenters. The highest BCUT2D eigenvalue weighted by Crippen LogP contribution is 2.21. The first-order chi connectivity index (χ1) is 9.58. The zero-order valence-electron chi connectivity index (χ0n) is 13.0. The summed E-state index contributed by atoms with van der Waals surface area (Å²) in [5.41, 5.74) is 1.10. The van der Waals surface area contributed by atoms with Gasteiger partial charge in [-0.25, -0.2) is 9.97 Å². The van der Waals surface area contributed by atoms with E-state index in [0.29, 0.717) is 5.92 Å². The van der Waals surface area contributed by atoms with Crippen LogP contribution < -0.4 is 5.32 Å². The summed E-state index contributed by atoms with van der Waals surface area (Å²) in [6.45, 7) is 9.94. The van der Waals surface area contributed by atoms with E-state index in [-0.39, 0.29) is 6.10 Å². The minimum Gasteiger partial charge on any atom is -0.370 e. The van der Waals surface area contributed by atoms with Gasteiger partial charge in [0.2, 0.25) is 0 Å². The zero-order valence-corrected chi connectivity index (χ0v) is 13.0. The van der Waals surface area contributed by atoms with Crippen molar-refractivity contribution in [1.29, 1.82) is 0 Å². The van der Waals surface area contributed by atoms with Gasteiger partial charge in [-0.2, -0.15) is 0 Å². The number of ether oxygens (including phenoxy) is 1. The first-order valence-corrected chi connectivity index (χ1v) is 7.50. The molecule has 0 amide bonds. The second-order valence-corrected chi connectivity index (χ2v) is 5.85. The Hall–Kier alpha value is -1.20. The van der Waals surface area contributed by atoms with Crippen molar-refractivity contribution >= 4 is 5.82 Å². The molecule has 1 aromatic rings. The van der Waals surface area contributed by atoms with Crippen LogP contribution in [0, 0.1) is 5.92 Å². The summed E-state index contributed by atoms with van der Waals surface area (Å²) in [5, 5.41) is 3.29. The topological polar surface area (TPSA) is 50.3 Å². The van der Waals surface area contributed by atoms with E-state index >= 15 is 0 Å². The summed E-state index contributed by atoms with van der Waals surface area (Å²) in [4.78, 5) is 11.6. The highest BCUT2D eigenvalue weighted by atomic mass is 16.5. The van der Waals surface area contributed by atoms with Crippen molar-refractivity contribution in [2.45, 2.75) is 33.3 Å². The molecule has 5 heteroatoms. The number of nitrogens with one attached hydrogen (secondary N) is 1. The zero-order chi connectivity index (χ0) is 14.5. The third-order valence-electron chi connectivity index (χ3n) is 3.33. The van der Waals surface area contributed by atoms with Gasteiger partial charge in [0.15, 0.2) is 5.82 Å². The van der Waals surface area contributed by atoms with E-state index in [1.165, 1.54) is 0 Å². The standard InChI is InChI=1S/C15H26N4O/c1-5-16-14-9-12(8-11(2)3)17-15(18-14)13-10-19(4)6-7-20-13/h9,11,13H,5-8,10H2,1-4H3,(H,16,17,18). The molecule has 2 heterocycles. The molecule has 2 rings (SSSR count). The minimum absolute atomic E-state index is 0.0155. The third-order valence-corrected chi connectivity index (χ3v) is 3.33. The van der Waals surface area contributed by atoms with Gasteiger partial charge in [-0.1, -0.05) is 13.8 Å². The maximum Gasteiger partial charge on any atom is 0.161 e. The van der Waals surface area contributed by atoms with Gasteiger partial charge in [-0.15, -0.1) is 0 Å². The molecule has 0 bridgehead atoms. The molecule has 0 radical (unpaired) electrons. The predicted octanol–water partition coefficient (Wildman–Crippen LogP) is 2.11. The van der Waals surface area contributed by atoms with Crippen LogP contribution in [0.2, 0.25) is 0 Å². The summed E-state index contributed by atoms with van der Waals surface area (Å²) < 4.78 is 5.83. The van der Waals surface area contributed by atoms with Crippen LogP contribution in [-0.2, 0) is 11.2 Å². The van der Waals surface area contributed by atoms with Gasteiger partial charge in [0.1, 0.15) is 11.9 Å². The Morgan fingerprint density at radius 3 is 2.90 bits per heavy atom. The Bertz CT molecular complexity index is 436. The van der Waals surface area contributed by atoms with Crippen LogP contribution in [0.1, 0.15) is 38.4 Å². The van der Waals surface area contributed by atoms with Crippen molar-refractivity contribution in [1.82, 2.24) is 14.9 Å². The van der Waals surface area contributed by atoms with E-state index in [1.54, 1.807) is 0 Å². The second-order valence-electron chi connectivity index (χ2n) is 5.85. The predicted molar refractivity (Wildman–Crippen MR) is 80.9 cm³/mol. The molecule has 1 fully saturated rings. The lowest BCUT2D eigenvalue weighted by Gasteiger charge is -2.29. The molecule has 0 saturated carbocycles. The minimum atomic E-state index is -0.0155. The molecular formula is C15H26N4O. The van der Waals surface area contributed by atoms with E-state index < -0.39 is 0 Å². The molecule has 0 aromatic carbocycles. The van der Waals surface area contributed by atoms with Gasteiger partial charge in [0.05, 0.1) is 6.61 Å². The molecule has 0 spiro atoms. The number of likely N-dealkylation sites (N-methyl/N-ethyl adjacent to an activating group) is 1. The molecule has 1 saturated heterocycles. The van der Waals surface area contributed by atoms with Gasteiger partial charge in [-0.3, -0.25) is 0 Å². The number of anilines is 1. The normalized spacial score (nSPS) is 20.4. The Labute approximate surface area is 121 Å². The number of hydrogen-bond acceptors (Lipinski definition) is 5. The highest BCUT2D eigenvalue weighted by Gasteiger charge is 2.23. The van der Waals surface area contributed by atoms with Gasteiger partial charge in [0.25, 0.3) is 0 Å². The lowest BCUT2D eigenvalue weighted by atomic mass is 10.1. The third kappa shape index (κ3) is 4.15. The molecule has 1 aromatic heterocycles. The van der Waals surface area contributed by atoms with E-state index in [2.05, 4.69) is 49.1 Å². The summed E-state index contributed by atoms with van der Waals surface area (Å²) in [5.74, 6) is 2.30. The number of hydrogen-bond donors (Lipinski definition) is 1. The summed E-state index contributed by atoms with van der Waals surface area (Å²) in [6, 6.07) is 2.06. The van der Waals surface area contributed by atoms with Crippen molar-refractivity contribution < 1.29 is 4.74 Å². The SMILES string of the molecule is CCNc1cc(CC(C)C)nc(C2CN(C)CCO2)n1. The highest BCUT2D eigenvalue weighted by molar-refractivity contribution is 5.36. The lowest BCUT2D eigenvalue weighted by molar-refractivity contribution is -0.0255. The second kappa shape index (κ2) is 6.99. The van der Waals surface area contributed by atoms with Gasteiger partial charge >= 0.3 is 0 Å². The molecule has 1 N–H and O–H groups in total. The Morgan fingerprint density at radius 1 is 1.45 bits per heavy atom. The molecule has 112 valence electrons. The number of aromatic nitrogens is 2. The van der Waals surface area contributed by atoms with E-state index in [9.17, 15) is 0 Å². The summed E-state index contributed by atoms with van der Waals surface area (Å²) in [6.07, 6.45) is 0.953. The molecule has 20 heavy (non-hydrogen) atoms. The molecule has 1 unspecified atom stereocenters. The largest absolute Gasteiger partial charge is 0.370 e. The maximum atomic E-state index is 5.83. The molecule has 1 aliphatic rings. The molecule has 0 aliphatic carbocycles. The molecule has 1 aliphatic heterocycles. The fourth-order valence-electron chi connectivity index (χ4n) is 2.39. The fraction of sp³-hybridized carbons (Fsp3) is 0.733. The van der Waals surface area contributed by atoms with Gasteiger partial charge in [-0.05, 0) is 26.3 Å². The van der Waals surface area contributed by atoms with E-state index in [0.717, 1.165) is 50.0 Å². The van der Waals surface area contributed by atoms with Crippen LogP contribution in [0.15, 0.2) is 6.07 Å². The van der Waals surface area contributed by atoms with Gasteiger partial charge < -0.3 is 15.0 Å². The van der Waals surface area contributed by atoms with E-state index in [4.69, 9.17) is 9.72 Å². The first kappa shape index (κ1) is 15.2. The molecule has 5 nitrogen and oxygen atoms in total. The first-order valence-electron chi connectivity index (χ1n) is 7.50.